The number of hydrogen-bond donors (Lipinski definition) is 0. The van der Waals surface area contributed by atoms with Crippen molar-refractivity contribution in [3.8, 4) is 0 Å². The molecule has 90 valence electrons. The highest BCUT2D eigenvalue weighted by Crippen LogP contribution is 2.79. The first-order valence-corrected chi connectivity index (χ1v) is 6.78. The lowest BCUT2D eigenvalue weighted by atomic mass is 9.95. The molecule has 2 heteroatoms. The molecule has 3 aliphatic rings. The van der Waals surface area contributed by atoms with Crippen molar-refractivity contribution in [2.24, 2.45) is 23.2 Å². The summed E-state index contributed by atoms with van der Waals surface area (Å²) in [5.41, 5.74) is 0.653. The number of Topliss-reactive ketones (excluding diaryl/α,β-unsaturated/α-hetero) is 1. The van der Waals surface area contributed by atoms with Crippen LogP contribution in [0.3, 0.4) is 0 Å². The number of carbonyl (C=O) groups is 1. The highest BCUT2D eigenvalue weighted by Gasteiger charge is 2.78. The quantitative estimate of drug-likeness (QED) is 0.729. The van der Waals surface area contributed by atoms with Crippen LogP contribution in [0.1, 0.15) is 40.5 Å². The Morgan fingerprint density at radius 3 is 2.31 bits per heavy atom. The lowest BCUT2D eigenvalue weighted by Gasteiger charge is -2.32. The summed E-state index contributed by atoms with van der Waals surface area (Å²) in [6.07, 6.45) is 2.80. The Labute approximate surface area is 98.4 Å². The lowest BCUT2D eigenvalue weighted by Crippen LogP contribution is -2.46. The molecule has 3 rings (SSSR count). The van der Waals surface area contributed by atoms with Gasteiger partial charge in [-0.1, -0.05) is 13.8 Å². The topological polar surface area (TPSA) is 20.3 Å². The first-order valence-electron chi connectivity index (χ1n) is 6.78. The predicted molar refractivity (Wildman–Crippen MR) is 64.1 cm³/mol. The van der Waals surface area contributed by atoms with E-state index in [0.717, 1.165) is 11.8 Å². The van der Waals surface area contributed by atoms with Gasteiger partial charge in [0.2, 0.25) is 0 Å². The van der Waals surface area contributed by atoms with E-state index in [1.165, 1.54) is 19.4 Å². The van der Waals surface area contributed by atoms with Gasteiger partial charge in [-0.3, -0.25) is 9.69 Å². The summed E-state index contributed by atoms with van der Waals surface area (Å²) in [5, 5.41) is 0. The van der Waals surface area contributed by atoms with E-state index in [0.29, 0.717) is 17.2 Å². The molecule has 0 bridgehead atoms. The fourth-order valence-corrected chi connectivity index (χ4v) is 4.05. The van der Waals surface area contributed by atoms with Crippen molar-refractivity contribution in [1.82, 2.24) is 4.90 Å². The Kier molecular flexibility index (Phi) is 2.08. The minimum absolute atomic E-state index is 0.196. The molecule has 3 fully saturated rings. The van der Waals surface area contributed by atoms with Gasteiger partial charge in [0.15, 0.2) is 5.78 Å². The fourth-order valence-electron chi connectivity index (χ4n) is 4.05. The third-order valence-electron chi connectivity index (χ3n) is 5.18. The molecule has 2 aliphatic carbocycles. The number of hydrogen-bond acceptors (Lipinski definition) is 2. The van der Waals surface area contributed by atoms with E-state index in [4.69, 9.17) is 0 Å². The van der Waals surface area contributed by atoms with E-state index in [1.807, 2.05) is 0 Å². The molecule has 0 aromatic carbocycles. The van der Waals surface area contributed by atoms with Crippen molar-refractivity contribution in [3.63, 3.8) is 0 Å². The number of fused-ring (bicyclic) bond motifs is 3. The number of rotatable bonds is 3. The van der Waals surface area contributed by atoms with Gasteiger partial charge >= 0.3 is 0 Å². The van der Waals surface area contributed by atoms with Crippen molar-refractivity contribution >= 4 is 5.78 Å². The van der Waals surface area contributed by atoms with E-state index >= 15 is 0 Å². The molecule has 1 aliphatic heterocycles. The van der Waals surface area contributed by atoms with Gasteiger partial charge in [-0.2, -0.15) is 0 Å². The van der Waals surface area contributed by atoms with Gasteiger partial charge in [0.05, 0.1) is 6.04 Å². The van der Waals surface area contributed by atoms with E-state index in [1.54, 1.807) is 0 Å². The Balaban J connectivity index is 1.83. The second-order valence-corrected chi connectivity index (χ2v) is 6.66. The summed E-state index contributed by atoms with van der Waals surface area (Å²) in [6, 6.07) is 0.781. The maximum Gasteiger partial charge on any atom is 0.152 e. The summed E-state index contributed by atoms with van der Waals surface area (Å²) in [6.45, 7) is 9.74. The molecule has 2 saturated carbocycles. The average Bonchev–Trinajstić information content (AvgIpc) is 3.06. The summed E-state index contributed by atoms with van der Waals surface area (Å²) >= 11 is 0. The minimum Gasteiger partial charge on any atom is -0.298 e. The summed E-state index contributed by atoms with van der Waals surface area (Å²) < 4.78 is 0. The van der Waals surface area contributed by atoms with Crippen LogP contribution in [0.5, 0.6) is 0 Å². The van der Waals surface area contributed by atoms with Gasteiger partial charge in [0, 0.05) is 18.5 Å². The van der Waals surface area contributed by atoms with Crippen molar-refractivity contribution < 1.29 is 4.79 Å². The summed E-state index contributed by atoms with van der Waals surface area (Å²) in [7, 11) is 0. The third kappa shape index (κ3) is 1.20. The van der Waals surface area contributed by atoms with Crippen LogP contribution in [0.25, 0.3) is 0 Å². The molecule has 0 aromatic rings. The molecule has 1 heterocycles. The molecule has 0 N–H and O–H groups in total. The van der Waals surface area contributed by atoms with Gasteiger partial charge in [-0.15, -0.1) is 0 Å². The minimum atomic E-state index is 0.196. The molecule has 16 heavy (non-hydrogen) atoms. The molecule has 0 amide bonds. The van der Waals surface area contributed by atoms with E-state index in [2.05, 4.69) is 32.6 Å². The molecule has 2 nitrogen and oxygen atoms in total. The van der Waals surface area contributed by atoms with Crippen LogP contribution in [0.4, 0.5) is 0 Å². The zero-order valence-corrected chi connectivity index (χ0v) is 10.9. The molecular formula is C14H23NO. The van der Waals surface area contributed by atoms with E-state index in [-0.39, 0.29) is 12.0 Å². The van der Waals surface area contributed by atoms with E-state index < -0.39 is 0 Å². The highest BCUT2D eigenvalue weighted by atomic mass is 16.1. The first-order chi connectivity index (χ1) is 7.49. The van der Waals surface area contributed by atoms with Crippen LogP contribution in [-0.4, -0.2) is 29.3 Å². The molecule has 3 atom stereocenters. The van der Waals surface area contributed by atoms with Gasteiger partial charge in [0.25, 0.3) is 0 Å². The van der Waals surface area contributed by atoms with Crippen LogP contribution >= 0.6 is 0 Å². The number of piperidine rings is 1. The molecule has 1 saturated heterocycles. The maximum absolute atomic E-state index is 12.4. The second kappa shape index (κ2) is 3.10. The molecule has 1 spiro atoms. The Bertz CT molecular complexity index is 328. The van der Waals surface area contributed by atoms with Crippen LogP contribution in [0.15, 0.2) is 0 Å². The number of ketones is 1. The lowest BCUT2D eigenvalue weighted by molar-refractivity contribution is -0.128. The summed E-state index contributed by atoms with van der Waals surface area (Å²) in [4.78, 5) is 14.8. The zero-order valence-electron chi connectivity index (χ0n) is 10.9. The van der Waals surface area contributed by atoms with E-state index in [9.17, 15) is 4.79 Å². The van der Waals surface area contributed by atoms with Gasteiger partial charge in [-0.05, 0) is 43.9 Å². The van der Waals surface area contributed by atoms with Gasteiger partial charge in [-0.25, -0.2) is 0 Å². The van der Waals surface area contributed by atoms with Crippen molar-refractivity contribution in [2.45, 2.75) is 52.6 Å². The Morgan fingerprint density at radius 2 is 1.88 bits per heavy atom. The fraction of sp³-hybridized carbons (Fsp3) is 0.929. The monoisotopic (exact) mass is 221 g/mol. The Hall–Kier alpha value is -0.370. The normalized spacial score (nSPS) is 39.5. The van der Waals surface area contributed by atoms with Crippen molar-refractivity contribution in [3.05, 3.63) is 0 Å². The van der Waals surface area contributed by atoms with Gasteiger partial charge in [0.1, 0.15) is 0 Å². The van der Waals surface area contributed by atoms with Crippen LogP contribution in [0, 0.1) is 23.2 Å². The smallest absolute Gasteiger partial charge is 0.152 e. The van der Waals surface area contributed by atoms with Crippen LogP contribution < -0.4 is 0 Å². The van der Waals surface area contributed by atoms with Crippen LogP contribution in [0.2, 0.25) is 0 Å². The van der Waals surface area contributed by atoms with Crippen molar-refractivity contribution in [2.75, 3.05) is 6.54 Å². The Morgan fingerprint density at radius 1 is 1.25 bits per heavy atom. The number of nitrogens with zero attached hydrogens (tertiary/aromatic N) is 1. The largest absolute Gasteiger partial charge is 0.298 e. The molecular weight excluding hydrogens is 198 g/mol. The van der Waals surface area contributed by atoms with Crippen LogP contribution in [-0.2, 0) is 4.79 Å². The second-order valence-electron chi connectivity index (χ2n) is 6.66. The standard InChI is InChI=1S/C14H23NO/c1-8(2)13(16)12-11-10(14(11)5-6-14)7-15(12)9(3)4/h8-12H,5-7H2,1-4H3. The number of carbonyl (C=O) groups excluding carboxylic acids is 1. The SMILES string of the molecule is CC(C)C(=O)C1C2C(CN1C(C)C)C21CC1. The first kappa shape index (κ1) is 10.8. The average molecular weight is 221 g/mol. The molecule has 0 radical (unpaired) electrons. The predicted octanol–water partition coefficient (Wildman–Crippen LogP) is 2.33. The highest BCUT2D eigenvalue weighted by molar-refractivity contribution is 5.87. The van der Waals surface area contributed by atoms with Crippen molar-refractivity contribution in [1.29, 1.82) is 0 Å². The summed E-state index contributed by atoms with van der Waals surface area (Å²) in [5.74, 6) is 2.28. The maximum atomic E-state index is 12.4. The van der Waals surface area contributed by atoms with Gasteiger partial charge < -0.3 is 0 Å². The third-order valence-corrected chi connectivity index (χ3v) is 5.18. The molecule has 0 aromatic heterocycles. The zero-order chi connectivity index (χ0) is 11.7. The number of likely N-dealkylation sites (tertiary alicyclic amines) is 1. The molecule has 3 unspecified atom stereocenters.